The standard InChI is InChI=1S/C28H33N5O6S/c1-18-8-10-21(11-9-18)40(37,38)32(4)16-25-19(2)15-33(20(3)17-34)28(36)22-6-5-7-23(26(22)39-25)31-27(35)24-14-29-12-13-30-24/h5-14,19-20,25,34H,15-17H2,1-4H3,(H,31,35)/t19-,20-,25-/m0/s1. The number of amides is 2. The minimum Gasteiger partial charge on any atom is -0.486 e. The summed E-state index contributed by atoms with van der Waals surface area (Å²) in [6, 6.07) is 10.9. The number of nitrogens with one attached hydrogen (secondary N) is 1. The number of carbonyl (C=O) groups excluding carboxylic acids is 2. The number of rotatable bonds is 8. The second-order valence-corrected chi connectivity index (χ2v) is 12.0. The lowest BCUT2D eigenvalue weighted by Crippen LogP contribution is -2.50. The van der Waals surface area contributed by atoms with Crippen LogP contribution in [0.2, 0.25) is 0 Å². The van der Waals surface area contributed by atoms with E-state index in [9.17, 15) is 23.1 Å². The van der Waals surface area contributed by atoms with Crippen molar-refractivity contribution in [2.75, 3.05) is 32.1 Å². The zero-order valence-corrected chi connectivity index (χ0v) is 23.6. The molecule has 0 aliphatic carbocycles. The number of hydrogen-bond acceptors (Lipinski definition) is 8. The van der Waals surface area contributed by atoms with Crippen LogP contribution in [0.15, 0.2) is 66.0 Å². The van der Waals surface area contributed by atoms with Crippen LogP contribution in [0.1, 0.15) is 40.3 Å². The molecule has 1 aliphatic rings. The molecule has 0 saturated carbocycles. The van der Waals surface area contributed by atoms with Crippen LogP contribution in [0.3, 0.4) is 0 Å². The number of likely N-dealkylation sites (N-methyl/N-ethyl adjacent to an activating group) is 1. The van der Waals surface area contributed by atoms with Gasteiger partial charge in [0.05, 0.1) is 41.5 Å². The maximum Gasteiger partial charge on any atom is 0.275 e. The summed E-state index contributed by atoms with van der Waals surface area (Å²) in [4.78, 5) is 36.2. The number of ether oxygens (including phenoxy) is 1. The summed E-state index contributed by atoms with van der Waals surface area (Å²) in [5.74, 6) is -1.16. The first-order chi connectivity index (χ1) is 19.0. The van der Waals surface area contributed by atoms with E-state index >= 15 is 0 Å². The van der Waals surface area contributed by atoms with E-state index in [2.05, 4.69) is 15.3 Å². The van der Waals surface area contributed by atoms with Crippen molar-refractivity contribution in [3.05, 3.63) is 77.9 Å². The van der Waals surface area contributed by atoms with Crippen LogP contribution in [0.5, 0.6) is 5.75 Å². The van der Waals surface area contributed by atoms with Gasteiger partial charge in [0.2, 0.25) is 10.0 Å². The maximum absolute atomic E-state index is 13.6. The third-order valence-electron chi connectivity index (χ3n) is 6.90. The Kier molecular flexibility index (Phi) is 8.82. The molecule has 2 aromatic carbocycles. The third-order valence-corrected chi connectivity index (χ3v) is 8.74. The highest BCUT2D eigenvalue weighted by atomic mass is 32.2. The number of nitrogens with zero attached hydrogens (tertiary/aromatic N) is 4. The van der Waals surface area contributed by atoms with Gasteiger partial charge in [-0.3, -0.25) is 14.6 Å². The molecule has 1 aliphatic heterocycles. The number of sulfonamides is 1. The Bertz CT molecular complexity index is 1470. The second-order valence-electron chi connectivity index (χ2n) is 9.95. The fourth-order valence-corrected chi connectivity index (χ4v) is 5.59. The van der Waals surface area contributed by atoms with Crippen molar-refractivity contribution in [3.63, 3.8) is 0 Å². The first-order valence-corrected chi connectivity index (χ1v) is 14.3. The number of aliphatic hydroxyl groups is 1. The smallest absolute Gasteiger partial charge is 0.275 e. The molecule has 1 aromatic heterocycles. The highest BCUT2D eigenvalue weighted by molar-refractivity contribution is 7.89. The second kappa shape index (κ2) is 12.1. The molecular formula is C28H33N5O6S. The van der Waals surface area contributed by atoms with Crippen molar-refractivity contribution in [2.24, 2.45) is 5.92 Å². The number of para-hydroxylation sites is 1. The van der Waals surface area contributed by atoms with Gasteiger partial charge in [0.15, 0.2) is 5.75 Å². The molecule has 0 radical (unpaired) electrons. The van der Waals surface area contributed by atoms with E-state index in [0.717, 1.165) is 5.56 Å². The van der Waals surface area contributed by atoms with Crippen molar-refractivity contribution in [3.8, 4) is 5.75 Å². The first-order valence-electron chi connectivity index (χ1n) is 12.8. The van der Waals surface area contributed by atoms with Gasteiger partial charge in [-0.15, -0.1) is 0 Å². The van der Waals surface area contributed by atoms with Gasteiger partial charge in [-0.2, -0.15) is 4.31 Å². The van der Waals surface area contributed by atoms with Gasteiger partial charge in [0.25, 0.3) is 11.8 Å². The van der Waals surface area contributed by atoms with Crippen LogP contribution in [-0.4, -0.2) is 83.4 Å². The molecule has 3 atom stereocenters. The summed E-state index contributed by atoms with van der Waals surface area (Å²) in [5.41, 5.74) is 1.41. The topological polar surface area (TPSA) is 142 Å². The molecule has 2 N–H and O–H groups in total. The Hall–Kier alpha value is -3.87. The van der Waals surface area contributed by atoms with Crippen molar-refractivity contribution in [1.82, 2.24) is 19.2 Å². The molecule has 3 aromatic rings. The molecule has 212 valence electrons. The Morgan fingerprint density at radius 3 is 2.60 bits per heavy atom. The Labute approximate surface area is 233 Å². The maximum atomic E-state index is 13.6. The van der Waals surface area contributed by atoms with Gasteiger partial charge in [-0.1, -0.05) is 30.7 Å². The monoisotopic (exact) mass is 567 g/mol. The number of fused-ring (bicyclic) bond motifs is 1. The fourth-order valence-electron chi connectivity index (χ4n) is 4.40. The number of anilines is 1. The van der Waals surface area contributed by atoms with Gasteiger partial charge >= 0.3 is 0 Å². The van der Waals surface area contributed by atoms with E-state index in [1.54, 1.807) is 54.3 Å². The van der Waals surface area contributed by atoms with Crippen LogP contribution in [0, 0.1) is 12.8 Å². The van der Waals surface area contributed by atoms with Gasteiger partial charge < -0.3 is 20.1 Å². The van der Waals surface area contributed by atoms with Crippen molar-refractivity contribution < 1.29 is 27.9 Å². The Morgan fingerprint density at radius 2 is 1.95 bits per heavy atom. The highest BCUT2D eigenvalue weighted by Crippen LogP contribution is 2.35. The molecule has 2 heterocycles. The minimum absolute atomic E-state index is 0.0290. The zero-order chi connectivity index (χ0) is 29.0. The minimum atomic E-state index is -3.84. The van der Waals surface area contributed by atoms with Gasteiger partial charge in [-0.05, 0) is 38.1 Å². The molecular weight excluding hydrogens is 534 g/mol. The average Bonchev–Trinajstić information content (AvgIpc) is 2.95. The van der Waals surface area contributed by atoms with Crippen LogP contribution in [0.4, 0.5) is 5.69 Å². The predicted octanol–water partition coefficient (Wildman–Crippen LogP) is 2.58. The predicted molar refractivity (Wildman–Crippen MR) is 149 cm³/mol. The van der Waals surface area contributed by atoms with E-state index in [1.807, 2.05) is 13.8 Å². The van der Waals surface area contributed by atoms with Gasteiger partial charge in [0.1, 0.15) is 11.8 Å². The molecule has 0 saturated heterocycles. The number of carbonyl (C=O) groups is 2. The van der Waals surface area contributed by atoms with Gasteiger partial charge in [0, 0.05) is 31.9 Å². The molecule has 0 unspecified atom stereocenters. The molecule has 12 heteroatoms. The number of aromatic nitrogens is 2. The van der Waals surface area contributed by atoms with Crippen molar-refractivity contribution >= 4 is 27.5 Å². The lowest BCUT2D eigenvalue weighted by atomic mass is 9.99. The molecule has 2 amide bonds. The Morgan fingerprint density at radius 1 is 1.23 bits per heavy atom. The number of hydrogen-bond donors (Lipinski definition) is 2. The summed E-state index contributed by atoms with van der Waals surface area (Å²) in [7, 11) is -2.36. The summed E-state index contributed by atoms with van der Waals surface area (Å²) in [6.07, 6.45) is 3.44. The van der Waals surface area contributed by atoms with E-state index in [4.69, 9.17) is 4.74 Å². The first kappa shape index (κ1) is 29.1. The Balaban J connectivity index is 1.72. The number of aliphatic hydroxyl groups excluding tert-OH is 1. The van der Waals surface area contributed by atoms with E-state index in [1.165, 1.54) is 29.9 Å². The summed E-state index contributed by atoms with van der Waals surface area (Å²) >= 11 is 0. The van der Waals surface area contributed by atoms with Crippen LogP contribution in [-0.2, 0) is 10.0 Å². The van der Waals surface area contributed by atoms with Gasteiger partial charge in [-0.25, -0.2) is 13.4 Å². The van der Waals surface area contributed by atoms with E-state index < -0.39 is 28.1 Å². The van der Waals surface area contributed by atoms with Crippen LogP contribution >= 0.6 is 0 Å². The van der Waals surface area contributed by atoms with Crippen molar-refractivity contribution in [2.45, 2.75) is 37.8 Å². The number of aryl methyl sites for hydroxylation is 1. The summed E-state index contributed by atoms with van der Waals surface area (Å²) in [6.45, 7) is 5.40. The molecule has 4 rings (SSSR count). The third kappa shape index (κ3) is 6.14. The van der Waals surface area contributed by atoms with Crippen molar-refractivity contribution in [1.29, 1.82) is 0 Å². The molecule has 0 fully saturated rings. The van der Waals surface area contributed by atoms with Crippen LogP contribution < -0.4 is 10.1 Å². The lowest BCUT2D eigenvalue weighted by molar-refractivity contribution is 0.0388. The molecule has 0 bridgehead atoms. The average molecular weight is 568 g/mol. The SMILES string of the molecule is Cc1ccc(S(=O)(=O)N(C)C[C@@H]2Oc3c(NC(=O)c4cnccn4)cccc3C(=O)N([C@@H](C)CO)C[C@@H]2C)cc1. The number of benzene rings is 2. The summed E-state index contributed by atoms with van der Waals surface area (Å²) in [5, 5.41) is 12.6. The lowest BCUT2D eigenvalue weighted by Gasteiger charge is -2.38. The van der Waals surface area contributed by atoms with E-state index in [-0.39, 0.29) is 59.1 Å². The molecule has 11 nitrogen and oxygen atoms in total. The quantitative estimate of drug-likeness (QED) is 0.423. The highest BCUT2D eigenvalue weighted by Gasteiger charge is 2.36. The zero-order valence-electron chi connectivity index (χ0n) is 22.8. The van der Waals surface area contributed by atoms with E-state index in [0.29, 0.717) is 0 Å². The summed E-state index contributed by atoms with van der Waals surface area (Å²) < 4.78 is 34.4. The molecule has 40 heavy (non-hydrogen) atoms. The van der Waals surface area contributed by atoms with Crippen LogP contribution in [0.25, 0.3) is 0 Å². The molecule has 0 spiro atoms. The fraction of sp³-hybridized carbons (Fsp3) is 0.357. The largest absolute Gasteiger partial charge is 0.486 e. The normalized spacial score (nSPS) is 18.4.